The number of hydrogen-bond donors (Lipinski definition) is 2. The van der Waals surface area contributed by atoms with Crippen molar-refractivity contribution in [3.8, 4) is 0 Å². The molecule has 1 amide bonds. The summed E-state index contributed by atoms with van der Waals surface area (Å²) in [5, 5.41) is 11.3. The van der Waals surface area contributed by atoms with Crippen LogP contribution in [0.5, 0.6) is 0 Å². The van der Waals surface area contributed by atoms with E-state index in [1.807, 2.05) is 4.90 Å². The lowest BCUT2D eigenvalue weighted by molar-refractivity contribution is -0.139. The highest BCUT2D eigenvalue weighted by atomic mass is 35.5. The number of rotatable bonds is 7. The topological polar surface area (TPSA) is 69.6 Å². The number of carbonyl (C=O) groups is 2. The number of benzene rings is 1. The molecule has 0 heterocycles. The molecule has 0 aliphatic heterocycles. The number of carbonyl (C=O) groups excluding carboxylic acids is 1. The number of hydrogen-bond acceptors (Lipinski definition) is 3. The maximum Gasteiger partial charge on any atom is 0.317 e. The Morgan fingerprint density at radius 1 is 1.24 bits per heavy atom. The molecular formula is C17H19ClF2N2O3. The second kappa shape index (κ2) is 7.25. The third-order valence-corrected chi connectivity index (χ3v) is 5.04. The molecule has 0 atom stereocenters. The van der Waals surface area contributed by atoms with Crippen LogP contribution in [-0.4, -0.2) is 47.1 Å². The Bertz CT molecular complexity index is 691. The molecule has 136 valence electrons. The molecule has 0 spiro atoms. The fourth-order valence-electron chi connectivity index (χ4n) is 3.11. The summed E-state index contributed by atoms with van der Waals surface area (Å²) in [6.45, 7) is 0.744. The van der Waals surface area contributed by atoms with Crippen molar-refractivity contribution in [2.24, 2.45) is 5.92 Å². The maximum absolute atomic E-state index is 13.8. The standard InChI is InChI=1S/C17H19ClF2N2O3/c18-13-6-14(19)12(5-15(13)20)17(25)21-10-3-11(4-10)22(8-16(23)24)7-9-1-2-9/h5-6,9-11H,1-4,7-8H2,(H,21,25)(H,23,24). The van der Waals surface area contributed by atoms with Crippen LogP contribution in [0, 0.1) is 17.6 Å². The van der Waals surface area contributed by atoms with E-state index in [2.05, 4.69) is 5.32 Å². The molecule has 2 N–H and O–H groups in total. The Morgan fingerprint density at radius 3 is 2.52 bits per heavy atom. The van der Waals surface area contributed by atoms with Gasteiger partial charge in [0.25, 0.3) is 5.91 Å². The monoisotopic (exact) mass is 372 g/mol. The van der Waals surface area contributed by atoms with Gasteiger partial charge in [0.05, 0.1) is 17.1 Å². The summed E-state index contributed by atoms with van der Waals surface area (Å²) in [5.41, 5.74) is -0.384. The average Bonchev–Trinajstić information content (AvgIpc) is 3.29. The number of aliphatic carboxylic acids is 1. The second-order valence-electron chi connectivity index (χ2n) is 6.81. The van der Waals surface area contributed by atoms with Gasteiger partial charge >= 0.3 is 5.97 Å². The molecular weight excluding hydrogens is 354 g/mol. The van der Waals surface area contributed by atoms with Gasteiger partial charge in [0.1, 0.15) is 11.6 Å². The van der Waals surface area contributed by atoms with E-state index < -0.39 is 23.5 Å². The predicted molar refractivity (Wildman–Crippen MR) is 87.6 cm³/mol. The summed E-state index contributed by atoms with van der Waals surface area (Å²) >= 11 is 5.48. The van der Waals surface area contributed by atoms with Crippen molar-refractivity contribution in [2.75, 3.05) is 13.1 Å². The van der Waals surface area contributed by atoms with Gasteiger partial charge in [-0.15, -0.1) is 0 Å². The number of amides is 1. The molecule has 0 aromatic heterocycles. The number of halogens is 3. The van der Waals surface area contributed by atoms with Gasteiger partial charge in [0, 0.05) is 18.6 Å². The van der Waals surface area contributed by atoms with Crippen LogP contribution in [0.4, 0.5) is 8.78 Å². The highest BCUT2D eigenvalue weighted by Crippen LogP contribution is 2.34. The molecule has 3 rings (SSSR count). The van der Waals surface area contributed by atoms with E-state index in [9.17, 15) is 18.4 Å². The van der Waals surface area contributed by atoms with Gasteiger partial charge in [0.2, 0.25) is 0 Å². The smallest absolute Gasteiger partial charge is 0.317 e. The Hall–Kier alpha value is -1.73. The Balaban J connectivity index is 1.54. The lowest BCUT2D eigenvalue weighted by atomic mass is 9.85. The maximum atomic E-state index is 13.8. The van der Waals surface area contributed by atoms with Gasteiger partial charge in [-0.1, -0.05) is 11.6 Å². The number of carboxylic acid groups (broad SMARTS) is 1. The number of carboxylic acids is 1. The first-order valence-electron chi connectivity index (χ1n) is 8.24. The summed E-state index contributed by atoms with van der Waals surface area (Å²) in [6, 6.07) is 1.48. The first-order chi connectivity index (χ1) is 11.8. The summed E-state index contributed by atoms with van der Waals surface area (Å²) in [6.07, 6.45) is 3.46. The fourth-order valence-corrected chi connectivity index (χ4v) is 3.26. The van der Waals surface area contributed by atoms with E-state index in [4.69, 9.17) is 16.7 Å². The van der Waals surface area contributed by atoms with Gasteiger partial charge in [-0.2, -0.15) is 0 Å². The zero-order valence-electron chi connectivity index (χ0n) is 13.5. The normalized spacial score (nSPS) is 22.6. The summed E-state index contributed by atoms with van der Waals surface area (Å²) in [4.78, 5) is 25.0. The van der Waals surface area contributed by atoms with Crippen molar-refractivity contribution in [3.63, 3.8) is 0 Å². The highest BCUT2D eigenvalue weighted by molar-refractivity contribution is 6.30. The molecule has 1 aromatic carbocycles. The Labute approximate surface area is 148 Å². The molecule has 2 fully saturated rings. The van der Waals surface area contributed by atoms with E-state index in [1.165, 1.54) is 0 Å². The van der Waals surface area contributed by atoms with Crippen LogP contribution < -0.4 is 5.32 Å². The van der Waals surface area contributed by atoms with Crippen LogP contribution in [0.1, 0.15) is 36.0 Å². The molecule has 0 unspecified atom stereocenters. The fraction of sp³-hybridized carbons (Fsp3) is 0.529. The molecule has 2 saturated carbocycles. The van der Waals surface area contributed by atoms with Crippen LogP contribution in [0.3, 0.4) is 0 Å². The zero-order valence-corrected chi connectivity index (χ0v) is 14.2. The van der Waals surface area contributed by atoms with Crippen molar-refractivity contribution in [1.82, 2.24) is 10.2 Å². The average molecular weight is 373 g/mol. The summed E-state index contributed by atoms with van der Waals surface area (Å²) in [7, 11) is 0. The van der Waals surface area contributed by atoms with Crippen molar-refractivity contribution < 1.29 is 23.5 Å². The molecule has 0 radical (unpaired) electrons. The molecule has 25 heavy (non-hydrogen) atoms. The molecule has 8 heteroatoms. The van der Waals surface area contributed by atoms with Crippen molar-refractivity contribution >= 4 is 23.5 Å². The van der Waals surface area contributed by atoms with E-state index in [-0.39, 0.29) is 29.2 Å². The molecule has 5 nitrogen and oxygen atoms in total. The van der Waals surface area contributed by atoms with Crippen LogP contribution in [0.15, 0.2) is 12.1 Å². The first-order valence-corrected chi connectivity index (χ1v) is 8.62. The van der Waals surface area contributed by atoms with Crippen molar-refractivity contribution in [3.05, 3.63) is 34.4 Å². The third-order valence-electron chi connectivity index (χ3n) is 4.75. The van der Waals surface area contributed by atoms with E-state index >= 15 is 0 Å². The van der Waals surface area contributed by atoms with Crippen LogP contribution >= 0.6 is 11.6 Å². The van der Waals surface area contributed by atoms with E-state index in [0.717, 1.165) is 31.5 Å². The molecule has 2 aliphatic rings. The molecule has 2 aliphatic carbocycles. The molecule has 0 bridgehead atoms. The SMILES string of the molecule is O=C(O)CN(CC1CC1)C1CC(NC(=O)c2cc(F)c(Cl)cc2F)C1. The quantitative estimate of drug-likeness (QED) is 0.722. The Morgan fingerprint density at radius 2 is 1.92 bits per heavy atom. The predicted octanol–water partition coefficient (Wildman–Crippen LogP) is 2.68. The van der Waals surface area contributed by atoms with Gasteiger partial charge in [-0.3, -0.25) is 14.5 Å². The van der Waals surface area contributed by atoms with Crippen molar-refractivity contribution in [2.45, 2.75) is 37.8 Å². The summed E-state index contributed by atoms with van der Waals surface area (Å²) in [5.74, 6) is -2.72. The third kappa shape index (κ3) is 4.46. The minimum atomic E-state index is -0.874. The second-order valence-corrected chi connectivity index (χ2v) is 7.22. The van der Waals surface area contributed by atoms with Crippen LogP contribution in [0.25, 0.3) is 0 Å². The minimum Gasteiger partial charge on any atom is -0.480 e. The molecule has 0 saturated heterocycles. The van der Waals surface area contributed by atoms with E-state index in [1.54, 1.807) is 0 Å². The van der Waals surface area contributed by atoms with Gasteiger partial charge in [0.15, 0.2) is 0 Å². The number of nitrogens with zero attached hydrogens (tertiary/aromatic N) is 1. The van der Waals surface area contributed by atoms with E-state index in [0.29, 0.717) is 18.8 Å². The van der Waals surface area contributed by atoms with Gasteiger partial charge in [-0.05, 0) is 43.7 Å². The van der Waals surface area contributed by atoms with Crippen LogP contribution in [0.2, 0.25) is 5.02 Å². The van der Waals surface area contributed by atoms with Gasteiger partial charge < -0.3 is 10.4 Å². The van der Waals surface area contributed by atoms with Crippen molar-refractivity contribution in [1.29, 1.82) is 0 Å². The minimum absolute atomic E-state index is 0.0150. The van der Waals surface area contributed by atoms with Gasteiger partial charge in [-0.25, -0.2) is 8.78 Å². The lowest BCUT2D eigenvalue weighted by Crippen LogP contribution is -2.55. The Kier molecular flexibility index (Phi) is 5.24. The lowest BCUT2D eigenvalue weighted by Gasteiger charge is -2.42. The number of nitrogens with one attached hydrogen (secondary N) is 1. The summed E-state index contributed by atoms with van der Waals surface area (Å²) < 4.78 is 27.2. The largest absolute Gasteiger partial charge is 0.480 e. The first kappa shape index (κ1) is 18.1. The highest BCUT2D eigenvalue weighted by Gasteiger charge is 2.38. The molecule has 1 aromatic rings. The van der Waals surface area contributed by atoms with Crippen LogP contribution in [-0.2, 0) is 4.79 Å². The zero-order chi connectivity index (χ0) is 18.1.